The van der Waals surface area contributed by atoms with Gasteiger partial charge in [-0.25, -0.2) is 0 Å². The number of carboxylic acids is 1. The molecule has 13 amide bonds. The number of hydrogen-bond donors (Lipinski definition) is 28. The molecule has 0 aliphatic carbocycles. The van der Waals surface area contributed by atoms with Crippen LogP contribution in [0.25, 0.3) is 0 Å². The van der Waals surface area contributed by atoms with Gasteiger partial charge in [-0.15, -0.1) is 0 Å². The van der Waals surface area contributed by atoms with Crippen molar-refractivity contribution in [2.75, 3.05) is 57.4 Å². The van der Waals surface area contributed by atoms with Crippen molar-refractivity contribution in [3.63, 3.8) is 0 Å². The Kier molecular flexibility index (Phi) is 44.5. The number of amides is 13. The molecular formula is C71H107N23O18S2. The van der Waals surface area contributed by atoms with Crippen molar-refractivity contribution in [3.05, 3.63) is 108 Å². The summed E-state index contributed by atoms with van der Waals surface area (Å²) in [6, 6.07) is 7.01. The highest BCUT2D eigenvalue weighted by atomic mass is 32.1. The molecule has 43 heteroatoms. The largest absolute Gasteiger partial charge is 0.481 e. The normalized spacial score (nSPS) is 14.2. The smallest absolute Gasteiger partial charge is 0.305 e. The van der Waals surface area contributed by atoms with Gasteiger partial charge in [0.1, 0.15) is 72.7 Å². The summed E-state index contributed by atoms with van der Waals surface area (Å²) in [5, 5.41) is 91.4. The number of rotatable bonds is 53. The van der Waals surface area contributed by atoms with Gasteiger partial charge in [0, 0.05) is 50.4 Å². The molecule has 0 bridgehead atoms. The first-order chi connectivity index (χ1) is 54.3. The molecule has 0 fully saturated rings. The van der Waals surface area contributed by atoms with Crippen LogP contribution in [0.15, 0.2) is 91.0 Å². The van der Waals surface area contributed by atoms with Crippen molar-refractivity contribution in [2.24, 2.45) is 28.9 Å². The van der Waals surface area contributed by atoms with Gasteiger partial charge in [0.25, 0.3) is 0 Å². The topological polar surface area (TPSA) is 685 Å². The molecule has 0 saturated heterocycles. The number of nitrogens with one attached hydrogen (secondary N) is 19. The first-order valence-corrected chi connectivity index (χ1v) is 37.6. The minimum atomic E-state index is -2.00. The standard InChI is InChI=1S/C71H107N23O18S2/c1-3-39(2)57(94-61(105)45(23-14-26-80-70(75)76)85-55(99)33-82-54(98)32-83-59(103)47(28-40-16-7-4-8-17-40)87-66(110)53(38-114)93-65(109)51(36-97)91-58(102)44(72)35-96)68(112)90-50(31-56(100)101)64(108)86-46(24-15-27-81-71(77)78)60(104)88-49(30-42-20-11-6-12-21-42)63(107)92-52(37-113)67(111)89-48(29-41-18-9-5-10-19-41)62(106)84-43(34-95)22-13-25-79-69(73)74/h4-12,16-21,34,39,43-53,57,96-97,113-114H,3,13-15,22-33,35-38,72H2,1-2H3,(H,82,98)(H,83,103)(H,84,106)(H,85,99)(H,86,108)(H,87,110)(H,88,104)(H,89,111)(H,90,112)(H,91,102)(H,92,107)(H,93,109)(H,94,105)(H,100,101)(H4,73,74,79)(H4,75,76,80)(H4,77,78,81)/t39-,43-,44-,45-,46-,47-,48-,49-,50-,51-,52-,53-,57-/m0/s1. The van der Waals surface area contributed by atoms with Gasteiger partial charge < -0.3 is 128 Å². The number of aliphatic hydroxyl groups excluding tert-OH is 2. The Morgan fingerprint density at radius 3 is 1.18 bits per heavy atom. The minimum Gasteiger partial charge on any atom is -0.481 e. The van der Waals surface area contributed by atoms with Crippen LogP contribution in [0.5, 0.6) is 0 Å². The number of hydrogen-bond acceptors (Lipinski definition) is 23. The number of aliphatic hydroxyl groups is 2. The van der Waals surface area contributed by atoms with E-state index in [-0.39, 0.29) is 94.9 Å². The van der Waals surface area contributed by atoms with Gasteiger partial charge in [-0.05, 0) is 61.1 Å². The van der Waals surface area contributed by atoms with E-state index in [1.54, 1.807) is 97.9 Å². The highest BCUT2D eigenvalue weighted by Gasteiger charge is 2.38. The first-order valence-electron chi connectivity index (χ1n) is 36.4. The number of benzene rings is 3. The van der Waals surface area contributed by atoms with Gasteiger partial charge in [-0.3, -0.25) is 83.4 Å². The molecule has 0 aromatic heterocycles. The number of carboxylic acid groups (broad SMARTS) is 1. The maximum absolute atomic E-state index is 14.7. The quantitative estimate of drug-likeness (QED) is 0.00820. The van der Waals surface area contributed by atoms with Gasteiger partial charge >= 0.3 is 5.97 Å². The number of aliphatic carboxylic acids is 1. The average Bonchev–Trinajstić information content (AvgIpc) is 0.855. The van der Waals surface area contributed by atoms with Crippen LogP contribution in [-0.4, -0.2) is 252 Å². The van der Waals surface area contributed by atoms with Crippen molar-refractivity contribution in [1.82, 2.24) is 85.1 Å². The maximum atomic E-state index is 14.7. The van der Waals surface area contributed by atoms with E-state index in [0.717, 1.165) is 0 Å². The molecule has 41 nitrogen and oxygen atoms in total. The van der Waals surface area contributed by atoms with E-state index in [9.17, 15) is 87.2 Å². The van der Waals surface area contributed by atoms with Crippen LogP contribution in [0.3, 0.4) is 0 Å². The molecule has 3 aromatic rings. The van der Waals surface area contributed by atoms with Crippen molar-refractivity contribution >= 4 is 132 Å². The molecule has 0 aliphatic heterocycles. The Morgan fingerprint density at radius 1 is 0.412 bits per heavy atom. The predicted molar refractivity (Wildman–Crippen MR) is 423 cm³/mol. The van der Waals surface area contributed by atoms with Crippen molar-refractivity contribution in [3.8, 4) is 0 Å². The second-order valence-corrected chi connectivity index (χ2v) is 26.9. The molecule has 3 rings (SSSR count). The van der Waals surface area contributed by atoms with E-state index in [4.69, 9.17) is 39.2 Å². The van der Waals surface area contributed by atoms with Crippen LogP contribution in [0.2, 0.25) is 0 Å². The summed E-state index contributed by atoms with van der Waals surface area (Å²) >= 11 is 8.47. The van der Waals surface area contributed by atoms with E-state index >= 15 is 0 Å². The Hall–Kier alpha value is -11.7. The zero-order chi connectivity index (χ0) is 84.8. The summed E-state index contributed by atoms with van der Waals surface area (Å²) in [5.74, 6) is -17.2. The Balaban J connectivity index is 1.88. The van der Waals surface area contributed by atoms with Crippen molar-refractivity contribution in [1.29, 1.82) is 16.2 Å². The SMILES string of the molecule is CC[C@H](C)[C@H](NC(=O)[C@H](CCCNC(=N)N)NC(=O)CNC(=O)CNC(=O)[C@H](Cc1ccccc1)NC(=O)[C@H](CS)NC(=O)[C@H](CO)NC(=O)[C@@H](N)CO)C(=O)N[C@@H](CC(=O)O)C(=O)N[C@@H](CCCNC(=N)N)C(=O)N[C@@H](Cc1ccccc1)C(=O)N[C@@H](CS)C(=O)N[C@@H](Cc1ccccc1)C(=O)N[C@H](C=O)CCCNC(=N)N. The van der Waals surface area contributed by atoms with Gasteiger partial charge in [-0.1, -0.05) is 111 Å². The van der Waals surface area contributed by atoms with E-state index < -0.39 is 206 Å². The van der Waals surface area contributed by atoms with Crippen LogP contribution >= 0.6 is 25.3 Å². The van der Waals surface area contributed by atoms with E-state index in [1.165, 1.54) is 6.92 Å². The number of aldehydes is 1. The number of nitrogens with two attached hydrogens (primary N) is 4. The number of guanidine groups is 3. The van der Waals surface area contributed by atoms with Gasteiger partial charge in [0.15, 0.2) is 17.9 Å². The summed E-state index contributed by atoms with van der Waals surface area (Å²) in [6.07, 6.45) is -0.909. The predicted octanol–water partition coefficient (Wildman–Crippen LogP) is -8.04. The summed E-state index contributed by atoms with van der Waals surface area (Å²) in [5.41, 5.74) is 23.5. The second kappa shape index (κ2) is 52.5. The lowest BCUT2D eigenvalue weighted by Gasteiger charge is -2.29. The summed E-state index contributed by atoms with van der Waals surface area (Å²) in [4.78, 5) is 205. The second-order valence-electron chi connectivity index (χ2n) is 26.2. The zero-order valence-electron chi connectivity index (χ0n) is 63.1. The fourth-order valence-electron chi connectivity index (χ4n) is 10.7. The molecule has 0 spiro atoms. The van der Waals surface area contributed by atoms with Crippen molar-refractivity contribution in [2.45, 2.75) is 157 Å². The Labute approximate surface area is 668 Å². The third-order valence-corrected chi connectivity index (χ3v) is 17.9. The third-order valence-electron chi connectivity index (χ3n) is 17.2. The van der Waals surface area contributed by atoms with Crippen LogP contribution in [0.1, 0.15) is 81.9 Å². The molecule has 0 radical (unpaired) electrons. The van der Waals surface area contributed by atoms with Gasteiger partial charge in [-0.2, -0.15) is 25.3 Å². The number of carbonyl (C=O) groups excluding carboxylic acids is 14. The fourth-order valence-corrected chi connectivity index (χ4v) is 11.2. The molecule has 13 atom stereocenters. The molecule has 30 N–H and O–H groups in total. The highest BCUT2D eigenvalue weighted by Crippen LogP contribution is 2.14. The van der Waals surface area contributed by atoms with Crippen LogP contribution in [0.4, 0.5) is 0 Å². The minimum absolute atomic E-state index is 0.00689. The van der Waals surface area contributed by atoms with Crippen molar-refractivity contribution < 1.29 is 87.2 Å². The van der Waals surface area contributed by atoms with Gasteiger partial charge in [0.2, 0.25) is 76.8 Å². The Morgan fingerprint density at radius 2 is 0.763 bits per heavy atom. The number of carbonyl (C=O) groups is 15. The molecule has 3 aromatic carbocycles. The van der Waals surface area contributed by atoms with Crippen LogP contribution in [0, 0.1) is 22.1 Å². The van der Waals surface area contributed by atoms with E-state index in [0.29, 0.717) is 29.4 Å². The summed E-state index contributed by atoms with van der Waals surface area (Å²) in [7, 11) is 0. The lowest BCUT2D eigenvalue weighted by atomic mass is 9.96. The average molecular weight is 1630 g/mol. The Bertz CT molecular complexity index is 3730. The summed E-state index contributed by atoms with van der Waals surface area (Å²) < 4.78 is 0. The number of thiol groups is 2. The van der Waals surface area contributed by atoms with E-state index in [2.05, 4.69) is 110 Å². The third kappa shape index (κ3) is 37.1. The monoisotopic (exact) mass is 1630 g/mol. The zero-order valence-corrected chi connectivity index (χ0v) is 64.8. The molecule has 626 valence electrons. The lowest BCUT2D eigenvalue weighted by Crippen LogP contribution is -2.61. The molecule has 0 saturated carbocycles. The van der Waals surface area contributed by atoms with E-state index in [1.807, 2.05) is 0 Å². The van der Waals surface area contributed by atoms with Crippen LogP contribution in [-0.2, 0) is 91.2 Å². The summed E-state index contributed by atoms with van der Waals surface area (Å²) in [6.45, 7) is 0.00938. The molecule has 114 heavy (non-hydrogen) atoms. The highest BCUT2D eigenvalue weighted by molar-refractivity contribution is 7.80. The van der Waals surface area contributed by atoms with Crippen LogP contribution < -0.4 is 108 Å². The molecule has 0 aliphatic rings. The fraction of sp³-hybridized carbons (Fsp3) is 0.493. The van der Waals surface area contributed by atoms with Gasteiger partial charge in [0.05, 0.1) is 38.8 Å². The molecule has 0 heterocycles. The molecule has 0 unspecified atom stereocenters. The molecular weight excluding hydrogens is 1530 g/mol. The first kappa shape index (κ1) is 96.5. The maximum Gasteiger partial charge on any atom is 0.305 e. The lowest BCUT2D eigenvalue weighted by molar-refractivity contribution is -0.142.